The lowest BCUT2D eigenvalue weighted by atomic mass is 10.3. The van der Waals surface area contributed by atoms with Crippen molar-refractivity contribution in [3.8, 4) is 0 Å². The molecule has 0 aliphatic heterocycles. The molecule has 108 valence electrons. The normalized spacial score (nSPS) is 10.6. The van der Waals surface area contributed by atoms with Gasteiger partial charge >= 0.3 is 0 Å². The first-order valence-electron chi connectivity index (χ1n) is 5.99. The molecule has 0 saturated carbocycles. The van der Waals surface area contributed by atoms with E-state index < -0.39 is 0 Å². The second-order valence-electron chi connectivity index (χ2n) is 4.10. The van der Waals surface area contributed by atoms with Gasteiger partial charge in [-0.3, -0.25) is 4.79 Å². The summed E-state index contributed by atoms with van der Waals surface area (Å²) in [5.41, 5.74) is 1.33. The molecular weight excluding hydrogens is 331 g/mol. The maximum absolute atomic E-state index is 11.7. The van der Waals surface area contributed by atoms with Crippen molar-refractivity contribution in [2.45, 2.75) is 0 Å². The Kier molecular flexibility index (Phi) is 5.51. The van der Waals surface area contributed by atoms with Crippen LogP contribution < -0.4 is 10.6 Å². The summed E-state index contributed by atoms with van der Waals surface area (Å²) in [5, 5.41) is 7.16. The summed E-state index contributed by atoms with van der Waals surface area (Å²) >= 11 is 17.5. The van der Waals surface area contributed by atoms with E-state index in [-0.39, 0.29) is 5.91 Å². The van der Waals surface area contributed by atoms with Crippen LogP contribution in [0.5, 0.6) is 0 Å². The minimum absolute atomic E-state index is 0.305. The lowest BCUT2D eigenvalue weighted by Gasteiger charge is -2.05. The van der Waals surface area contributed by atoms with Crippen molar-refractivity contribution >= 4 is 52.1 Å². The zero-order chi connectivity index (χ0) is 15.2. The summed E-state index contributed by atoms with van der Waals surface area (Å²) in [5.74, 6) is -0.305. The predicted octanol–water partition coefficient (Wildman–Crippen LogP) is 5.21. The highest BCUT2D eigenvalue weighted by Gasteiger charge is 2.03. The van der Waals surface area contributed by atoms with Crippen LogP contribution >= 0.6 is 34.8 Å². The van der Waals surface area contributed by atoms with Crippen LogP contribution in [0.2, 0.25) is 15.1 Å². The van der Waals surface area contributed by atoms with Gasteiger partial charge in [0.05, 0.1) is 10.7 Å². The van der Waals surface area contributed by atoms with E-state index in [1.54, 1.807) is 42.5 Å². The average Bonchev–Trinajstić information content (AvgIpc) is 2.44. The van der Waals surface area contributed by atoms with Crippen LogP contribution in [0.3, 0.4) is 0 Å². The predicted molar refractivity (Wildman–Crippen MR) is 89.3 cm³/mol. The lowest BCUT2D eigenvalue weighted by molar-refractivity contribution is -0.111. The summed E-state index contributed by atoms with van der Waals surface area (Å²) < 4.78 is 0. The van der Waals surface area contributed by atoms with E-state index in [0.29, 0.717) is 20.8 Å². The van der Waals surface area contributed by atoms with E-state index in [9.17, 15) is 4.79 Å². The maximum Gasteiger partial charge on any atom is 0.249 e. The molecule has 0 fully saturated rings. The smallest absolute Gasteiger partial charge is 0.249 e. The maximum atomic E-state index is 11.7. The quantitative estimate of drug-likeness (QED) is 0.749. The third-order valence-corrected chi connectivity index (χ3v) is 3.32. The monoisotopic (exact) mass is 340 g/mol. The van der Waals surface area contributed by atoms with Gasteiger partial charge in [0.25, 0.3) is 0 Å². The molecule has 2 rings (SSSR count). The van der Waals surface area contributed by atoms with E-state index in [0.717, 1.165) is 5.69 Å². The highest BCUT2D eigenvalue weighted by molar-refractivity contribution is 6.36. The Balaban J connectivity index is 1.92. The van der Waals surface area contributed by atoms with Gasteiger partial charge < -0.3 is 10.6 Å². The largest absolute Gasteiger partial charge is 0.361 e. The highest BCUT2D eigenvalue weighted by Crippen LogP contribution is 2.25. The van der Waals surface area contributed by atoms with Crippen LogP contribution in [0.15, 0.2) is 54.7 Å². The molecule has 0 saturated heterocycles. The topological polar surface area (TPSA) is 41.1 Å². The molecule has 0 aromatic heterocycles. The lowest BCUT2D eigenvalue weighted by Crippen LogP contribution is -2.08. The second kappa shape index (κ2) is 7.36. The van der Waals surface area contributed by atoms with Gasteiger partial charge in [-0.1, -0.05) is 34.8 Å². The van der Waals surface area contributed by atoms with Crippen LogP contribution in [0, 0.1) is 0 Å². The Morgan fingerprint density at radius 3 is 2.29 bits per heavy atom. The number of carbonyl (C=O) groups is 1. The standard InChI is InChI=1S/C15H11Cl3N2O/c16-10-1-4-12(5-2-10)19-8-7-15(21)20-14-6-3-11(17)9-13(14)18/h1-9,19H,(H,20,21)/b8-7+. The molecule has 0 spiro atoms. The van der Waals surface area contributed by atoms with Crippen LogP contribution in [0.25, 0.3) is 0 Å². The zero-order valence-electron chi connectivity index (χ0n) is 10.7. The van der Waals surface area contributed by atoms with Crippen molar-refractivity contribution in [1.82, 2.24) is 0 Å². The molecule has 21 heavy (non-hydrogen) atoms. The third-order valence-electron chi connectivity index (χ3n) is 2.52. The Morgan fingerprint density at radius 2 is 1.62 bits per heavy atom. The number of anilines is 2. The average molecular weight is 342 g/mol. The Bertz CT molecular complexity index is 669. The van der Waals surface area contributed by atoms with E-state index in [1.165, 1.54) is 12.3 Å². The summed E-state index contributed by atoms with van der Waals surface area (Å²) in [6.07, 6.45) is 2.89. The molecular formula is C15H11Cl3N2O. The van der Waals surface area contributed by atoms with Gasteiger partial charge in [-0.15, -0.1) is 0 Å². The molecule has 3 nitrogen and oxygen atoms in total. The number of nitrogens with one attached hydrogen (secondary N) is 2. The van der Waals surface area contributed by atoms with Crippen molar-refractivity contribution in [2.24, 2.45) is 0 Å². The number of carbonyl (C=O) groups excluding carboxylic acids is 1. The van der Waals surface area contributed by atoms with Crippen LogP contribution in [0.4, 0.5) is 11.4 Å². The fraction of sp³-hybridized carbons (Fsp3) is 0. The number of benzene rings is 2. The fourth-order valence-electron chi connectivity index (χ4n) is 1.52. The molecule has 0 aliphatic carbocycles. The van der Waals surface area contributed by atoms with Gasteiger partial charge in [-0.05, 0) is 42.5 Å². The van der Waals surface area contributed by atoms with E-state index >= 15 is 0 Å². The summed E-state index contributed by atoms with van der Waals surface area (Å²) in [7, 11) is 0. The molecule has 2 N–H and O–H groups in total. The number of hydrogen-bond acceptors (Lipinski definition) is 2. The number of halogens is 3. The summed E-state index contributed by atoms with van der Waals surface area (Å²) in [6, 6.07) is 12.0. The van der Waals surface area contributed by atoms with Crippen molar-refractivity contribution in [3.63, 3.8) is 0 Å². The minimum atomic E-state index is -0.305. The fourth-order valence-corrected chi connectivity index (χ4v) is 2.11. The SMILES string of the molecule is O=C(/C=C/Nc1ccc(Cl)cc1)Nc1ccc(Cl)cc1Cl. The van der Waals surface area contributed by atoms with Gasteiger partial charge in [0.15, 0.2) is 0 Å². The number of hydrogen-bond donors (Lipinski definition) is 2. The van der Waals surface area contributed by atoms with Crippen molar-refractivity contribution < 1.29 is 4.79 Å². The van der Waals surface area contributed by atoms with Gasteiger partial charge in [0.2, 0.25) is 5.91 Å². The molecule has 0 heterocycles. The Morgan fingerprint density at radius 1 is 0.952 bits per heavy atom. The Labute approximate surface area is 137 Å². The second-order valence-corrected chi connectivity index (χ2v) is 5.38. The summed E-state index contributed by atoms with van der Waals surface area (Å²) in [4.78, 5) is 11.7. The van der Waals surface area contributed by atoms with Crippen LogP contribution in [-0.2, 0) is 4.79 Å². The van der Waals surface area contributed by atoms with Crippen molar-refractivity contribution in [2.75, 3.05) is 10.6 Å². The van der Waals surface area contributed by atoms with Crippen molar-refractivity contribution in [1.29, 1.82) is 0 Å². The molecule has 0 radical (unpaired) electrons. The molecule has 2 aromatic rings. The van der Waals surface area contributed by atoms with Crippen molar-refractivity contribution in [3.05, 3.63) is 69.8 Å². The molecule has 0 aliphatic rings. The number of amides is 1. The third kappa shape index (κ3) is 4.97. The molecule has 0 bridgehead atoms. The number of rotatable bonds is 4. The van der Waals surface area contributed by atoms with Crippen LogP contribution in [0.1, 0.15) is 0 Å². The first-order chi connectivity index (χ1) is 10.0. The molecule has 2 aromatic carbocycles. The van der Waals surface area contributed by atoms with Crippen LogP contribution in [-0.4, -0.2) is 5.91 Å². The van der Waals surface area contributed by atoms with E-state index in [2.05, 4.69) is 10.6 Å². The summed E-state index contributed by atoms with van der Waals surface area (Å²) in [6.45, 7) is 0. The Hall–Kier alpha value is -1.68. The molecule has 0 unspecified atom stereocenters. The van der Waals surface area contributed by atoms with E-state index in [4.69, 9.17) is 34.8 Å². The molecule has 1 amide bonds. The van der Waals surface area contributed by atoms with Gasteiger partial charge in [-0.2, -0.15) is 0 Å². The molecule has 0 atom stereocenters. The highest BCUT2D eigenvalue weighted by atomic mass is 35.5. The van der Waals surface area contributed by atoms with Gasteiger partial charge in [0.1, 0.15) is 0 Å². The first-order valence-corrected chi connectivity index (χ1v) is 7.13. The first kappa shape index (κ1) is 15.7. The minimum Gasteiger partial charge on any atom is -0.361 e. The van der Waals surface area contributed by atoms with Gasteiger partial charge in [-0.25, -0.2) is 0 Å². The molecule has 6 heteroatoms. The van der Waals surface area contributed by atoms with E-state index in [1.807, 2.05) is 0 Å². The van der Waals surface area contributed by atoms with Gasteiger partial charge in [0, 0.05) is 28.0 Å². The zero-order valence-corrected chi connectivity index (χ0v) is 13.0.